The Bertz CT molecular complexity index is 3.25. The molecule has 27 valence electrons. The van der Waals surface area contributed by atoms with Gasteiger partial charge in [-0.05, 0) is 0 Å². The second kappa shape index (κ2) is 77.8. The van der Waals surface area contributed by atoms with Crippen molar-refractivity contribution in [2.24, 2.45) is 0 Å². The fourth-order valence-corrected chi connectivity index (χ4v) is 0. The van der Waals surface area contributed by atoms with Gasteiger partial charge in [0.25, 0.3) is 0 Å². The molecule has 0 aliphatic rings. The van der Waals surface area contributed by atoms with Gasteiger partial charge < -0.3 is 16.4 Å². The summed E-state index contributed by atoms with van der Waals surface area (Å²) in [7, 11) is 0. The third-order valence-electron chi connectivity index (χ3n) is 0. The predicted octanol–water partition coefficient (Wildman–Crippen LogP) is -1.06. The number of hydrogen-bond acceptors (Lipinski definition) is 0. The van der Waals surface area contributed by atoms with Gasteiger partial charge in [-0.3, -0.25) is 0 Å². The molecule has 0 unspecified atom stereocenters. The molecular weight excluding hydrogens is 234 g/mol. The molecule has 2 N–H and O–H groups in total. The fourth-order valence-electron chi connectivity index (χ4n) is 0. The van der Waals surface area contributed by atoms with Crippen molar-refractivity contribution >= 4 is 0 Å². The fraction of sp³-hybridized carbons (Fsp3) is 0. The van der Waals surface area contributed by atoms with Crippen LogP contribution < -0.4 is 0 Å². The topological polar surface area (TPSA) is 88.5 Å². The Morgan fingerprint density at radius 1 is 0.750 bits per heavy atom. The summed E-state index contributed by atoms with van der Waals surface area (Å²) < 4.78 is 0. The van der Waals surface area contributed by atoms with Crippen LogP contribution in [0.1, 0.15) is 0 Å². The van der Waals surface area contributed by atoms with Crippen molar-refractivity contribution in [3.05, 3.63) is 0 Å². The SMILES string of the molecule is O.[O-2].[O-2].[Re+4]. The van der Waals surface area contributed by atoms with E-state index < -0.39 is 0 Å². The monoisotopic (exact) mass is 237 g/mol. The van der Waals surface area contributed by atoms with E-state index in [0.29, 0.717) is 0 Å². The van der Waals surface area contributed by atoms with Gasteiger partial charge in [-0.1, -0.05) is 0 Å². The molecule has 0 rings (SSSR count). The second-order valence-corrected chi connectivity index (χ2v) is 0. The minimum absolute atomic E-state index is 0. The van der Waals surface area contributed by atoms with Crippen LogP contribution in [0.2, 0.25) is 0 Å². The molecular formula is H2O3Re. The van der Waals surface area contributed by atoms with E-state index in [1.165, 1.54) is 0 Å². The molecule has 4 heteroatoms. The molecule has 0 atom stereocenters. The van der Waals surface area contributed by atoms with Crippen LogP contribution in [-0.4, -0.2) is 5.48 Å². The quantitative estimate of drug-likeness (QED) is 0.513. The Labute approximate surface area is 37.6 Å². The summed E-state index contributed by atoms with van der Waals surface area (Å²) in [5.41, 5.74) is 0. The maximum Gasteiger partial charge on any atom is 4.00 e. The van der Waals surface area contributed by atoms with Crippen LogP contribution in [0.4, 0.5) is 0 Å². The van der Waals surface area contributed by atoms with Crippen molar-refractivity contribution in [2.75, 3.05) is 0 Å². The first-order valence-corrected chi connectivity index (χ1v) is 0. The van der Waals surface area contributed by atoms with Crippen LogP contribution in [0.5, 0.6) is 0 Å². The molecule has 0 bridgehead atoms. The Balaban J connectivity index is 0. The average Bonchev–Trinajstić information content (AvgIpc) is 0. The van der Waals surface area contributed by atoms with Crippen LogP contribution >= 0.6 is 0 Å². The molecule has 0 spiro atoms. The maximum absolute atomic E-state index is 0. The van der Waals surface area contributed by atoms with Gasteiger partial charge in [-0.2, -0.15) is 0 Å². The van der Waals surface area contributed by atoms with Crippen molar-refractivity contribution in [1.29, 1.82) is 0 Å². The zero-order chi connectivity index (χ0) is 0. The van der Waals surface area contributed by atoms with Gasteiger partial charge in [-0.15, -0.1) is 0 Å². The molecule has 0 aromatic carbocycles. The van der Waals surface area contributed by atoms with E-state index in [4.69, 9.17) is 0 Å². The molecule has 0 fully saturated rings. The Morgan fingerprint density at radius 3 is 0.750 bits per heavy atom. The molecule has 0 aliphatic heterocycles. The van der Waals surface area contributed by atoms with Gasteiger partial charge in [0.2, 0.25) is 0 Å². The van der Waals surface area contributed by atoms with Crippen LogP contribution in [0.25, 0.3) is 0 Å². The Hall–Kier alpha value is 0.542. The Kier molecular flexibility index (Phi) is 3770. The van der Waals surface area contributed by atoms with E-state index in [1.807, 2.05) is 0 Å². The van der Waals surface area contributed by atoms with Crippen LogP contribution in [0, 0.1) is 0 Å². The number of hydrogen-bond donors (Lipinski definition) is 0. The molecule has 0 saturated carbocycles. The molecule has 3 nitrogen and oxygen atoms in total. The minimum Gasteiger partial charge on any atom is -2.00 e. The van der Waals surface area contributed by atoms with E-state index in [2.05, 4.69) is 0 Å². The second-order valence-electron chi connectivity index (χ2n) is 0. The van der Waals surface area contributed by atoms with Crippen LogP contribution in [-0.2, 0) is 31.4 Å². The summed E-state index contributed by atoms with van der Waals surface area (Å²) in [5.74, 6) is 0. The first-order chi connectivity index (χ1) is 0. The van der Waals surface area contributed by atoms with Gasteiger partial charge in [0.15, 0.2) is 0 Å². The summed E-state index contributed by atoms with van der Waals surface area (Å²) in [6.07, 6.45) is 0. The van der Waals surface area contributed by atoms with Crippen molar-refractivity contribution in [2.45, 2.75) is 0 Å². The number of rotatable bonds is 0. The van der Waals surface area contributed by atoms with Crippen LogP contribution in [0.3, 0.4) is 0 Å². The first-order valence-electron chi connectivity index (χ1n) is 0. The largest absolute Gasteiger partial charge is 4.00 e. The first kappa shape index (κ1) is 194. The van der Waals surface area contributed by atoms with Gasteiger partial charge in [0, 0.05) is 0 Å². The van der Waals surface area contributed by atoms with E-state index in [-0.39, 0.29) is 36.9 Å². The van der Waals surface area contributed by atoms with Gasteiger partial charge in [0.1, 0.15) is 0 Å². The molecule has 4 heavy (non-hydrogen) atoms. The smallest absolute Gasteiger partial charge is 2.00 e. The molecule has 1 radical (unpaired) electrons. The summed E-state index contributed by atoms with van der Waals surface area (Å²) in [6, 6.07) is 0. The van der Waals surface area contributed by atoms with Crippen molar-refractivity contribution in [3.8, 4) is 0 Å². The molecule has 0 heterocycles. The molecule has 0 aliphatic carbocycles. The van der Waals surface area contributed by atoms with Crippen molar-refractivity contribution < 1.29 is 36.9 Å². The summed E-state index contributed by atoms with van der Waals surface area (Å²) in [6.45, 7) is 0. The third-order valence-corrected chi connectivity index (χ3v) is 0. The summed E-state index contributed by atoms with van der Waals surface area (Å²) in [4.78, 5) is 0. The third kappa shape index (κ3) is 20.6. The minimum atomic E-state index is 0. The molecule has 0 saturated heterocycles. The average molecular weight is 236 g/mol. The van der Waals surface area contributed by atoms with E-state index in [9.17, 15) is 0 Å². The summed E-state index contributed by atoms with van der Waals surface area (Å²) >= 11 is 0. The normalized spacial score (nSPS) is 0. The zero-order valence-corrected chi connectivity index (χ0v) is 4.41. The van der Waals surface area contributed by atoms with Gasteiger partial charge in [0.05, 0.1) is 0 Å². The molecule has 0 amide bonds. The summed E-state index contributed by atoms with van der Waals surface area (Å²) in [5, 5.41) is 0. The van der Waals surface area contributed by atoms with Crippen LogP contribution in [0.15, 0.2) is 0 Å². The molecule has 0 aromatic heterocycles. The zero-order valence-electron chi connectivity index (χ0n) is 1.69. The molecule has 0 aromatic rings. The van der Waals surface area contributed by atoms with E-state index in [1.54, 1.807) is 0 Å². The van der Waals surface area contributed by atoms with E-state index in [0.717, 1.165) is 0 Å². The standard InChI is InChI=1S/H2O.2O.Re/h1H2;;;/q;2*-2;+4. The maximum atomic E-state index is 0. The van der Waals surface area contributed by atoms with Gasteiger partial charge in [-0.25, -0.2) is 0 Å². The van der Waals surface area contributed by atoms with E-state index >= 15 is 0 Å². The van der Waals surface area contributed by atoms with Gasteiger partial charge >= 0.3 is 20.4 Å². The van der Waals surface area contributed by atoms with Crippen molar-refractivity contribution in [1.82, 2.24) is 0 Å². The van der Waals surface area contributed by atoms with Crippen molar-refractivity contribution in [3.63, 3.8) is 0 Å². The Morgan fingerprint density at radius 2 is 0.750 bits per heavy atom. The predicted molar refractivity (Wildman–Crippen MR) is 4.99 cm³/mol.